The van der Waals surface area contributed by atoms with Crippen LogP contribution in [0.5, 0.6) is 0 Å². The smallest absolute Gasteiger partial charge is 0.270 e. The summed E-state index contributed by atoms with van der Waals surface area (Å²) >= 11 is 0. The second-order valence-electron chi connectivity index (χ2n) is 5.69. The fourth-order valence-electron chi connectivity index (χ4n) is 2.63. The second-order valence-corrected chi connectivity index (χ2v) is 5.69. The van der Waals surface area contributed by atoms with E-state index in [0.29, 0.717) is 13.1 Å². The number of nitrogens with zero attached hydrogens (tertiary/aromatic N) is 2. The van der Waals surface area contributed by atoms with E-state index in [1.165, 1.54) is 18.2 Å². The van der Waals surface area contributed by atoms with Crippen molar-refractivity contribution in [3.05, 3.63) is 29.8 Å². The van der Waals surface area contributed by atoms with E-state index in [0.717, 1.165) is 25.7 Å². The van der Waals surface area contributed by atoms with Gasteiger partial charge in [-0.3, -0.25) is 9.59 Å². The van der Waals surface area contributed by atoms with Crippen LogP contribution in [-0.4, -0.2) is 40.8 Å². The van der Waals surface area contributed by atoms with Gasteiger partial charge in [0.1, 0.15) is 5.69 Å². The first-order valence-electron chi connectivity index (χ1n) is 7.35. The molecule has 2 heterocycles. The predicted octanol–water partition coefficient (Wildman–Crippen LogP) is 1.35. The van der Waals surface area contributed by atoms with Crippen LogP contribution in [0.15, 0.2) is 18.2 Å². The van der Waals surface area contributed by atoms with Crippen molar-refractivity contribution in [1.29, 1.82) is 0 Å². The molecule has 1 aliphatic carbocycles. The van der Waals surface area contributed by atoms with Crippen LogP contribution in [0.1, 0.15) is 36.2 Å². The van der Waals surface area contributed by atoms with Crippen molar-refractivity contribution in [3.8, 4) is 0 Å². The molecule has 112 valence electrons. The second kappa shape index (κ2) is 5.79. The number of nitrogens with one attached hydrogen (secondary N) is 1. The van der Waals surface area contributed by atoms with E-state index in [-0.39, 0.29) is 29.5 Å². The highest BCUT2D eigenvalue weighted by molar-refractivity contribution is 5.92. The third kappa shape index (κ3) is 3.37. The maximum absolute atomic E-state index is 13.0. The zero-order valence-electron chi connectivity index (χ0n) is 11.7. The molecule has 1 saturated heterocycles. The molecule has 2 aliphatic rings. The number of likely N-dealkylation sites (tertiary alicyclic amines) is 1. The molecule has 5 nitrogen and oxygen atoms in total. The van der Waals surface area contributed by atoms with Crippen molar-refractivity contribution < 1.29 is 14.0 Å². The summed E-state index contributed by atoms with van der Waals surface area (Å²) in [7, 11) is 0. The topological polar surface area (TPSA) is 62.3 Å². The van der Waals surface area contributed by atoms with Gasteiger partial charge in [-0.25, -0.2) is 4.98 Å². The SMILES string of the molecule is O=C(NC1CCN(C(=O)C2CC2)CC1)c1cccc(F)n1. The minimum Gasteiger partial charge on any atom is -0.348 e. The number of pyridine rings is 1. The standard InChI is InChI=1S/C15H18FN3O2/c16-13-3-1-2-12(18-13)14(20)17-11-6-8-19(9-7-11)15(21)10-4-5-10/h1-3,10-11H,4-9H2,(H,17,20). The summed E-state index contributed by atoms with van der Waals surface area (Å²) in [5, 5.41) is 2.86. The number of aromatic nitrogens is 1. The van der Waals surface area contributed by atoms with E-state index in [1.54, 1.807) is 0 Å². The van der Waals surface area contributed by atoms with Gasteiger partial charge in [0, 0.05) is 25.0 Å². The predicted molar refractivity (Wildman–Crippen MR) is 74.0 cm³/mol. The molecular weight excluding hydrogens is 273 g/mol. The third-order valence-corrected chi connectivity index (χ3v) is 4.02. The molecule has 0 spiro atoms. The molecule has 1 aromatic heterocycles. The van der Waals surface area contributed by atoms with E-state index in [4.69, 9.17) is 0 Å². The number of amides is 2. The summed E-state index contributed by atoms with van der Waals surface area (Å²) in [6.45, 7) is 1.35. The van der Waals surface area contributed by atoms with E-state index >= 15 is 0 Å². The third-order valence-electron chi connectivity index (χ3n) is 4.02. The van der Waals surface area contributed by atoms with Crippen molar-refractivity contribution in [2.45, 2.75) is 31.7 Å². The Bertz CT molecular complexity index is 552. The summed E-state index contributed by atoms with van der Waals surface area (Å²) < 4.78 is 13.0. The van der Waals surface area contributed by atoms with Crippen molar-refractivity contribution in [1.82, 2.24) is 15.2 Å². The highest BCUT2D eigenvalue weighted by Crippen LogP contribution is 2.31. The highest BCUT2D eigenvalue weighted by atomic mass is 19.1. The molecule has 0 atom stereocenters. The van der Waals surface area contributed by atoms with Crippen LogP contribution in [0.3, 0.4) is 0 Å². The molecular formula is C15H18FN3O2. The van der Waals surface area contributed by atoms with Crippen LogP contribution >= 0.6 is 0 Å². The van der Waals surface area contributed by atoms with Crippen LogP contribution in [0.25, 0.3) is 0 Å². The summed E-state index contributed by atoms with van der Waals surface area (Å²) in [6.07, 6.45) is 3.50. The van der Waals surface area contributed by atoms with Crippen molar-refractivity contribution >= 4 is 11.8 Å². The van der Waals surface area contributed by atoms with Gasteiger partial charge in [-0.1, -0.05) is 6.07 Å². The average molecular weight is 291 g/mol. The van der Waals surface area contributed by atoms with Gasteiger partial charge < -0.3 is 10.2 Å². The summed E-state index contributed by atoms with van der Waals surface area (Å²) in [5.74, 6) is -0.520. The molecule has 21 heavy (non-hydrogen) atoms. The van der Waals surface area contributed by atoms with Crippen LogP contribution in [0.2, 0.25) is 0 Å². The summed E-state index contributed by atoms with van der Waals surface area (Å²) in [6, 6.07) is 4.18. The quantitative estimate of drug-likeness (QED) is 0.855. The molecule has 1 N–H and O–H groups in total. The van der Waals surface area contributed by atoms with Crippen molar-refractivity contribution in [3.63, 3.8) is 0 Å². The van der Waals surface area contributed by atoms with Crippen molar-refractivity contribution in [2.75, 3.05) is 13.1 Å². The molecule has 1 saturated carbocycles. The Morgan fingerprint density at radius 2 is 1.90 bits per heavy atom. The average Bonchev–Trinajstić information content (AvgIpc) is 3.32. The van der Waals surface area contributed by atoms with E-state index in [1.807, 2.05) is 4.90 Å². The van der Waals surface area contributed by atoms with Gasteiger partial charge in [0.2, 0.25) is 11.9 Å². The molecule has 6 heteroatoms. The Labute approximate surface area is 122 Å². The Morgan fingerprint density at radius 3 is 2.52 bits per heavy atom. The monoisotopic (exact) mass is 291 g/mol. The van der Waals surface area contributed by atoms with E-state index in [2.05, 4.69) is 10.3 Å². The Hall–Kier alpha value is -1.98. The van der Waals surface area contributed by atoms with Crippen LogP contribution < -0.4 is 5.32 Å². The lowest BCUT2D eigenvalue weighted by Gasteiger charge is -2.32. The summed E-state index contributed by atoms with van der Waals surface area (Å²) in [5.41, 5.74) is 0.0893. The molecule has 1 aromatic rings. The number of rotatable bonds is 3. The van der Waals surface area contributed by atoms with Gasteiger partial charge in [-0.05, 0) is 37.8 Å². The molecule has 2 amide bonds. The van der Waals surface area contributed by atoms with Crippen LogP contribution in [-0.2, 0) is 4.79 Å². The molecule has 3 rings (SSSR count). The Balaban J connectivity index is 1.50. The van der Waals surface area contributed by atoms with Crippen LogP contribution in [0.4, 0.5) is 4.39 Å². The van der Waals surface area contributed by atoms with Gasteiger partial charge in [0.25, 0.3) is 5.91 Å². The zero-order valence-corrected chi connectivity index (χ0v) is 11.7. The normalized spacial score (nSPS) is 19.4. The number of halogens is 1. The number of hydrogen-bond donors (Lipinski definition) is 1. The Morgan fingerprint density at radius 1 is 1.19 bits per heavy atom. The van der Waals surface area contributed by atoms with Gasteiger partial charge in [-0.2, -0.15) is 4.39 Å². The lowest BCUT2D eigenvalue weighted by Crippen LogP contribution is -2.47. The van der Waals surface area contributed by atoms with Crippen LogP contribution in [0, 0.1) is 11.9 Å². The minimum absolute atomic E-state index is 0.0193. The molecule has 1 aliphatic heterocycles. The van der Waals surface area contributed by atoms with Gasteiger partial charge in [0.15, 0.2) is 0 Å². The maximum atomic E-state index is 13.0. The minimum atomic E-state index is -0.660. The Kier molecular flexibility index (Phi) is 3.86. The fraction of sp³-hybridized carbons (Fsp3) is 0.533. The molecule has 0 unspecified atom stereocenters. The first-order valence-corrected chi connectivity index (χ1v) is 7.35. The fourth-order valence-corrected chi connectivity index (χ4v) is 2.63. The molecule has 0 radical (unpaired) electrons. The highest BCUT2D eigenvalue weighted by Gasteiger charge is 2.35. The summed E-state index contributed by atoms with van der Waals surface area (Å²) in [4.78, 5) is 29.4. The van der Waals surface area contributed by atoms with Gasteiger partial charge in [-0.15, -0.1) is 0 Å². The first-order chi connectivity index (χ1) is 10.1. The largest absolute Gasteiger partial charge is 0.348 e. The zero-order chi connectivity index (χ0) is 14.8. The molecule has 0 aromatic carbocycles. The number of carbonyl (C=O) groups is 2. The van der Waals surface area contributed by atoms with Gasteiger partial charge >= 0.3 is 0 Å². The number of piperidine rings is 1. The van der Waals surface area contributed by atoms with E-state index < -0.39 is 5.95 Å². The van der Waals surface area contributed by atoms with E-state index in [9.17, 15) is 14.0 Å². The molecule has 0 bridgehead atoms. The molecule has 2 fully saturated rings. The number of carbonyl (C=O) groups excluding carboxylic acids is 2. The van der Waals surface area contributed by atoms with Gasteiger partial charge in [0.05, 0.1) is 0 Å². The number of hydrogen-bond acceptors (Lipinski definition) is 3. The lowest BCUT2D eigenvalue weighted by atomic mass is 10.0. The first kappa shape index (κ1) is 14.0. The van der Waals surface area contributed by atoms with Crippen molar-refractivity contribution in [2.24, 2.45) is 5.92 Å². The maximum Gasteiger partial charge on any atom is 0.270 e. The lowest BCUT2D eigenvalue weighted by molar-refractivity contribution is -0.133.